The minimum atomic E-state index is -1.07. The Morgan fingerprint density at radius 3 is 2.17 bits per heavy atom. The second-order valence-electron chi connectivity index (χ2n) is 6.94. The van der Waals surface area contributed by atoms with Crippen LogP contribution in [0.15, 0.2) is 72.9 Å². The number of para-hydroxylation sites is 2. The van der Waals surface area contributed by atoms with E-state index in [0.29, 0.717) is 5.69 Å². The van der Waals surface area contributed by atoms with Crippen LogP contribution >= 0.6 is 0 Å². The van der Waals surface area contributed by atoms with Gasteiger partial charge >= 0.3 is 0 Å². The van der Waals surface area contributed by atoms with E-state index in [-0.39, 0.29) is 29.1 Å². The molecule has 1 atom stereocenters. The van der Waals surface area contributed by atoms with Crippen molar-refractivity contribution in [1.29, 1.82) is 0 Å². The van der Waals surface area contributed by atoms with Crippen molar-refractivity contribution >= 4 is 23.4 Å². The Labute approximate surface area is 173 Å². The van der Waals surface area contributed by atoms with Crippen LogP contribution in [0.4, 0.5) is 5.69 Å². The molecule has 1 aromatic heterocycles. The lowest BCUT2D eigenvalue weighted by Gasteiger charge is -2.29. The molecular formula is C23H19N3O4. The summed E-state index contributed by atoms with van der Waals surface area (Å²) in [4.78, 5) is 45.7. The van der Waals surface area contributed by atoms with E-state index in [4.69, 9.17) is 0 Å². The molecule has 0 bridgehead atoms. The lowest BCUT2D eigenvalue weighted by atomic mass is 10.1. The van der Waals surface area contributed by atoms with Gasteiger partial charge in [-0.05, 0) is 43.3 Å². The number of anilines is 1. The molecule has 0 aliphatic carbocycles. The molecule has 7 heteroatoms. The van der Waals surface area contributed by atoms with E-state index in [0.717, 1.165) is 4.90 Å². The number of phenols is 1. The smallest absolute Gasteiger partial charge is 0.262 e. The predicted octanol–water partition coefficient (Wildman–Crippen LogP) is 3.01. The predicted molar refractivity (Wildman–Crippen MR) is 110 cm³/mol. The number of pyridine rings is 1. The van der Waals surface area contributed by atoms with E-state index in [9.17, 15) is 19.5 Å². The number of carbonyl (C=O) groups excluding carboxylic acids is 3. The van der Waals surface area contributed by atoms with Crippen molar-refractivity contribution in [3.8, 4) is 5.75 Å². The average Bonchev–Trinajstić information content (AvgIpc) is 3.03. The van der Waals surface area contributed by atoms with Crippen LogP contribution in [-0.2, 0) is 11.3 Å². The minimum Gasteiger partial charge on any atom is -0.506 e. The third-order valence-electron chi connectivity index (χ3n) is 5.05. The quantitative estimate of drug-likeness (QED) is 0.664. The molecule has 2 aromatic carbocycles. The zero-order chi connectivity index (χ0) is 21.3. The van der Waals surface area contributed by atoms with Gasteiger partial charge in [0.1, 0.15) is 11.8 Å². The van der Waals surface area contributed by atoms with E-state index in [1.165, 1.54) is 17.9 Å². The first-order valence-corrected chi connectivity index (χ1v) is 9.45. The van der Waals surface area contributed by atoms with Crippen molar-refractivity contribution < 1.29 is 19.5 Å². The number of carbonyl (C=O) groups is 3. The molecular weight excluding hydrogens is 382 g/mol. The van der Waals surface area contributed by atoms with Crippen LogP contribution < -0.4 is 4.90 Å². The summed E-state index contributed by atoms with van der Waals surface area (Å²) >= 11 is 0. The maximum Gasteiger partial charge on any atom is 0.262 e. The molecule has 7 nitrogen and oxygen atoms in total. The van der Waals surface area contributed by atoms with Gasteiger partial charge < -0.3 is 10.0 Å². The van der Waals surface area contributed by atoms with Gasteiger partial charge in [-0.1, -0.05) is 30.3 Å². The zero-order valence-corrected chi connectivity index (χ0v) is 16.2. The van der Waals surface area contributed by atoms with Crippen molar-refractivity contribution in [2.75, 3.05) is 4.90 Å². The van der Waals surface area contributed by atoms with Crippen molar-refractivity contribution in [2.24, 2.45) is 0 Å². The highest BCUT2D eigenvalue weighted by Gasteiger charge is 2.42. The van der Waals surface area contributed by atoms with Crippen LogP contribution in [0.1, 0.15) is 33.3 Å². The fraction of sp³-hybridized carbons (Fsp3) is 0.130. The summed E-state index contributed by atoms with van der Waals surface area (Å²) in [6, 6.07) is 17.2. The third kappa shape index (κ3) is 3.30. The van der Waals surface area contributed by atoms with Crippen molar-refractivity contribution in [3.63, 3.8) is 0 Å². The summed E-state index contributed by atoms with van der Waals surface area (Å²) in [5, 5.41) is 10.3. The number of fused-ring (bicyclic) bond motifs is 1. The maximum atomic E-state index is 13.5. The van der Waals surface area contributed by atoms with E-state index in [1.54, 1.807) is 66.9 Å². The van der Waals surface area contributed by atoms with Gasteiger partial charge in [0.05, 0.1) is 29.1 Å². The standard InChI is InChI=1S/C23H19N3O4/c1-15(26-22(29)17-9-2-3-10-18(17)23(26)30)21(28)25(14-16-8-6-7-13-24-16)19-11-4-5-12-20(19)27/h2-13,15,27H,14H2,1H3. The number of hydrogen-bond donors (Lipinski definition) is 1. The third-order valence-corrected chi connectivity index (χ3v) is 5.05. The van der Waals surface area contributed by atoms with Gasteiger partial charge in [0.2, 0.25) is 5.91 Å². The topological polar surface area (TPSA) is 90.8 Å². The molecule has 3 amide bonds. The Hall–Kier alpha value is -4.00. The van der Waals surface area contributed by atoms with Gasteiger partial charge in [-0.3, -0.25) is 24.3 Å². The van der Waals surface area contributed by atoms with Crippen molar-refractivity contribution in [1.82, 2.24) is 9.88 Å². The highest BCUT2D eigenvalue weighted by Crippen LogP contribution is 2.30. The number of nitrogens with zero attached hydrogens (tertiary/aromatic N) is 3. The molecule has 0 saturated carbocycles. The van der Waals surface area contributed by atoms with Gasteiger partial charge in [-0.2, -0.15) is 0 Å². The molecule has 2 heterocycles. The fourth-order valence-corrected chi connectivity index (χ4v) is 3.52. The lowest BCUT2D eigenvalue weighted by molar-refractivity contribution is -0.122. The summed E-state index contributed by atoms with van der Waals surface area (Å²) in [6.45, 7) is 1.58. The molecule has 3 aromatic rings. The Balaban J connectivity index is 1.69. The highest BCUT2D eigenvalue weighted by atomic mass is 16.3. The highest BCUT2D eigenvalue weighted by molar-refractivity contribution is 6.23. The van der Waals surface area contributed by atoms with Gasteiger partial charge in [0.25, 0.3) is 11.8 Å². The van der Waals surface area contributed by atoms with Crippen LogP contribution in [-0.4, -0.2) is 38.8 Å². The summed E-state index contributed by atoms with van der Waals surface area (Å²) in [5.41, 5.74) is 1.43. The van der Waals surface area contributed by atoms with Crippen LogP contribution in [0.2, 0.25) is 0 Å². The molecule has 1 aliphatic heterocycles. The Morgan fingerprint density at radius 1 is 0.967 bits per heavy atom. The first-order valence-electron chi connectivity index (χ1n) is 9.45. The summed E-state index contributed by atoms with van der Waals surface area (Å²) in [5.74, 6) is -1.61. The largest absolute Gasteiger partial charge is 0.506 e. The Bertz CT molecular complexity index is 1100. The lowest BCUT2D eigenvalue weighted by Crippen LogP contribution is -2.49. The Morgan fingerprint density at radius 2 is 1.57 bits per heavy atom. The SMILES string of the molecule is CC(C(=O)N(Cc1ccccn1)c1ccccc1O)N1C(=O)c2ccccc2C1=O. The molecule has 1 aliphatic rings. The van der Waals surface area contributed by atoms with Crippen molar-refractivity contribution in [3.05, 3.63) is 89.7 Å². The average molecular weight is 401 g/mol. The van der Waals surface area contributed by atoms with Crippen LogP contribution in [0.5, 0.6) is 5.75 Å². The van der Waals surface area contributed by atoms with E-state index >= 15 is 0 Å². The number of phenolic OH excluding ortho intramolecular Hbond substituents is 1. The van der Waals surface area contributed by atoms with Crippen molar-refractivity contribution in [2.45, 2.75) is 19.5 Å². The number of hydrogen-bond acceptors (Lipinski definition) is 5. The number of amides is 3. The molecule has 4 rings (SSSR count). The van der Waals surface area contributed by atoms with Crippen LogP contribution in [0.3, 0.4) is 0 Å². The number of aromatic hydroxyl groups is 1. The molecule has 0 saturated heterocycles. The van der Waals surface area contributed by atoms with Gasteiger partial charge in [-0.15, -0.1) is 0 Å². The summed E-state index contributed by atoms with van der Waals surface area (Å²) < 4.78 is 0. The zero-order valence-electron chi connectivity index (χ0n) is 16.2. The first-order chi connectivity index (χ1) is 14.5. The van der Waals surface area contributed by atoms with E-state index in [2.05, 4.69) is 4.98 Å². The Kier molecular flexibility index (Phi) is 5.02. The molecule has 30 heavy (non-hydrogen) atoms. The summed E-state index contributed by atoms with van der Waals surface area (Å²) in [6.07, 6.45) is 1.61. The fourth-order valence-electron chi connectivity index (χ4n) is 3.52. The first kappa shape index (κ1) is 19.3. The van der Waals surface area contributed by atoms with E-state index < -0.39 is 23.8 Å². The molecule has 150 valence electrons. The second kappa shape index (κ2) is 7.79. The van der Waals surface area contributed by atoms with Crippen LogP contribution in [0.25, 0.3) is 0 Å². The maximum absolute atomic E-state index is 13.5. The van der Waals surface area contributed by atoms with E-state index in [1.807, 2.05) is 0 Å². The number of benzene rings is 2. The molecule has 1 unspecified atom stereocenters. The number of aromatic nitrogens is 1. The number of imide groups is 1. The monoisotopic (exact) mass is 401 g/mol. The van der Waals surface area contributed by atoms with Gasteiger partial charge in [-0.25, -0.2) is 0 Å². The second-order valence-corrected chi connectivity index (χ2v) is 6.94. The summed E-state index contributed by atoms with van der Waals surface area (Å²) in [7, 11) is 0. The number of rotatable bonds is 5. The van der Waals surface area contributed by atoms with Crippen LogP contribution in [0, 0.1) is 0 Å². The minimum absolute atomic E-state index is 0.0742. The van der Waals surface area contributed by atoms with Gasteiger partial charge in [0, 0.05) is 6.20 Å². The molecule has 0 radical (unpaired) electrons. The molecule has 0 spiro atoms. The molecule has 1 N–H and O–H groups in total. The normalized spacial score (nSPS) is 13.8. The van der Waals surface area contributed by atoms with Gasteiger partial charge in [0.15, 0.2) is 0 Å². The molecule has 0 fully saturated rings.